The van der Waals surface area contributed by atoms with E-state index in [0.29, 0.717) is 6.29 Å². The standard InChI is InChI=1S/C11H12N2O7/c1-18-6-8(5-14)20-10-9(13(16)17)3-7(4-12-10)11(15)19-2/h3-5,8H,6H2,1-2H3/t8-/m1/s1. The highest BCUT2D eigenvalue weighted by molar-refractivity contribution is 5.89. The molecule has 1 heterocycles. The summed E-state index contributed by atoms with van der Waals surface area (Å²) in [6, 6.07) is 0.961. The van der Waals surface area contributed by atoms with E-state index >= 15 is 0 Å². The van der Waals surface area contributed by atoms with Gasteiger partial charge in [-0.25, -0.2) is 9.78 Å². The Morgan fingerprint density at radius 3 is 2.75 bits per heavy atom. The molecule has 108 valence electrons. The average Bonchev–Trinajstić information content (AvgIpc) is 2.45. The van der Waals surface area contributed by atoms with Crippen LogP contribution in [-0.2, 0) is 14.3 Å². The van der Waals surface area contributed by atoms with Crippen molar-refractivity contribution in [1.29, 1.82) is 0 Å². The van der Waals surface area contributed by atoms with Crippen molar-refractivity contribution in [3.63, 3.8) is 0 Å². The lowest BCUT2D eigenvalue weighted by Gasteiger charge is -2.11. The van der Waals surface area contributed by atoms with Gasteiger partial charge in [-0.05, 0) is 0 Å². The normalized spacial score (nSPS) is 11.5. The van der Waals surface area contributed by atoms with Crippen molar-refractivity contribution in [3.05, 3.63) is 27.9 Å². The van der Waals surface area contributed by atoms with Crippen LogP contribution in [0.3, 0.4) is 0 Å². The zero-order chi connectivity index (χ0) is 15.1. The second-order valence-electron chi connectivity index (χ2n) is 3.54. The number of esters is 1. The van der Waals surface area contributed by atoms with Crippen molar-refractivity contribution in [2.24, 2.45) is 0 Å². The number of carbonyl (C=O) groups is 2. The SMILES string of the molecule is COC[C@@H](C=O)Oc1ncc(C(=O)OC)cc1[N+](=O)[O-]. The van der Waals surface area contributed by atoms with Gasteiger partial charge in [0.25, 0.3) is 5.88 Å². The van der Waals surface area contributed by atoms with Crippen molar-refractivity contribution in [1.82, 2.24) is 4.98 Å². The molecule has 0 bridgehead atoms. The summed E-state index contributed by atoms with van der Waals surface area (Å²) in [5.41, 5.74) is -0.642. The summed E-state index contributed by atoms with van der Waals surface area (Å²) in [6.45, 7) is -0.0823. The van der Waals surface area contributed by atoms with Crippen molar-refractivity contribution in [2.75, 3.05) is 20.8 Å². The molecule has 9 nitrogen and oxygen atoms in total. The van der Waals surface area contributed by atoms with Gasteiger partial charge in [0.15, 0.2) is 12.4 Å². The molecule has 0 aliphatic carbocycles. The summed E-state index contributed by atoms with van der Waals surface area (Å²) < 4.78 is 14.2. The highest BCUT2D eigenvalue weighted by atomic mass is 16.6. The molecule has 0 spiro atoms. The molecule has 0 saturated carbocycles. The average molecular weight is 284 g/mol. The van der Waals surface area contributed by atoms with Crippen LogP contribution in [0.15, 0.2) is 12.3 Å². The van der Waals surface area contributed by atoms with Gasteiger partial charge in [-0.15, -0.1) is 0 Å². The lowest BCUT2D eigenvalue weighted by molar-refractivity contribution is -0.386. The Kier molecular flexibility index (Phi) is 5.54. The van der Waals surface area contributed by atoms with Crippen molar-refractivity contribution >= 4 is 17.9 Å². The van der Waals surface area contributed by atoms with Crippen molar-refractivity contribution in [3.8, 4) is 5.88 Å². The molecule has 1 aromatic rings. The molecule has 0 aliphatic heterocycles. The highest BCUT2D eigenvalue weighted by Gasteiger charge is 2.23. The first kappa shape index (κ1) is 15.5. The quantitative estimate of drug-likeness (QED) is 0.305. The van der Waals surface area contributed by atoms with Gasteiger partial charge in [0.1, 0.15) is 0 Å². The summed E-state index contributed by atoms with van der Waals surface area (Å²) in [6.07, 6.45) is 0.460. The fourth-order valence-electron chi connectivity index (χ4n) is 1.30. The Balaban J connectivity index is 3.10. The van der Waals surface area contributed by atoms with E-state index in [-0.39, 0.29) is 18.1 Å². The minimum atomic E-state index is -1.03. The van der Waals surface area contributed by atoms with Gasteiger partial charge in [-0.1, -0.05) is 0 Å². The van der Waals surface area contributed by atoms with E-state index in [4.69, 9.17) is 9.47 Å². The summed E-state index contributed by atoms with van der Waals surface area (Å²) >= 11 is 0. The molecule has 1 aromatic heterocycles. The summed E-state index contributed by atoms with van der Waals surface area (Å²) in [5, 5.41) is 10.9. The van der Waals surface area contributed by atoms with Crippen LogP contribution < -0.4 is 4.74 Å². The number of methoxy groups -OCH3 is 2. The largest absolute Gasteiger partial charge is 0.465 e. The number of carbonyl (C=O) groups excluding carboxylic acids is 2. The van der Waals surface area contributed by atoms with Crippen LogP contribution in [-0.4, -0.2) is 49.1 Å². The number of hydrogen-bond acceptors (Lipinski definition) is 8. The molecule has 20 heavy (non-hydrogen) atoms. The van der Waals surface area contributed by atoms with E-state index in [0.717, 1.165) is 19.4 Å². The van der Waals surface area contributed by atoms with Gasteiger partial charge < -0.3 is 14.2 Å². The minimum absolute atomic E-state index is 0.0823. The fourth-order valence-corrected chi connectivity index (χ4v) is 1.30. The molecule has 0 aromatic carbocycles. The smallest absolute Gasteiger partial charge is 0.339 e. The third kappa shape index (κ3) is 3.72. The number of pyridine rings is 1. The van der Waals surface area contributed by atoms with Gasteiger partial charge in [-0.3, -0.25) is 14.9 Å². The van der Waals surface area contributed by atoms with Gasteiger partial charge in [-0.2, -0.15) is 0 Å². The number of hydrogen-bond donors (Lipinski definition) is 0. The first-order valence-electron chi connectivity index (χ1n) is 5.37. The fraction of sp³-hybridized carbons (Fsp3) is 0.364. The molecule has 0 fully saturated rings. The maximum atomic E-state index is 11.3. The zero-order valence-electron chi connectivity index (χ0n) is 10.8. The number of aldehydes is 1. The van der Waals surface area contributed by atoms with Crippen LogP contribution >= 0.6 is 0 Å². The van der Waals surface area contributed by atoms with E-state index in [1.54, 1.807) is 0 Å². The van der Waals surface area contributed by atoms with Crippen LogP contribution in [0.4, 0.5) is 5.69 Å². The Morgan fingerprint density at radius 2 is 2.25 bits per heavy atom. The van der Waals surface area contributed by atoms with Crippen molar-refractivity contribution in [2.45, 2.75) is 6.10 Å². The molecule has 0 N–H and O–H groups in total. The second-order valence-corrected chi connectivity index (χ2v) is 3.54. The van der Waals surface area contributed by atoms with E-state index in [2.05, 4.69) is 9.72 Å². The molecule has 1 atom stereocenters. The number of ether oxygens (including phenoxy) is 3. The molecule has 0 saturated heterocycles. The number of rotatable bonds is 7. The molecule has 0 aliphatic rings. The Morgan fingerprint density at radius 1 is 1.55 bits per heavy atom. The molecule has 1 rings (SSSR count). The predicted molar refractivity (Wildman–Crippen MR) is 64.6 cm³/mol. The maximum Gasteiger partial charge on any atom is 0.339 e. The molecular weight excluding hydrogens is 272 g/mol. The Bertz CT molecular complexity index is 517. The van der Waals surface area contributed by atoms with E-state index in [9.17, 15) is 19.7 Å². The minimum Gasteiger partial charge on any atom is -0.465 e. The van der Waals surface area contributed by atoms with Crippen LogP contribution in [0, 0.1) is 10.1 Å². The van der Waals surface area contributed by atoms with Gasteiger partial charge in [0.2, 0.25) is 0 Å². The predicted octanol–water partition coefficient (Wildman–Crippen LogP) is 0.369. The number of nitrogens with zero attached hydrogens (tertiary/aromatic N) is 2. The third-order valence-corrected chi connectivity index (χ3v) is 2.20. The van der Waals surface area contributed by atoms with Crippen LogP contribution in [0.2, 0.25) is 0 Å². The number of aromatic nitrogens is 1. The van der Waals surface area contributed by atoms with Gasteiger partial charge >= 0.3 is 11.7 Å². The summed E-state index contributed by atoms with van der Waals surface area (Å²) in [7, 11) is 2.49. The summed E-state index contributed by atoms with van der Waals surface area (Å²) in [4.78, 5) is 35.8. The number of nitro groups is 1. The zero-order valence-corrected chi connectivity index (χ0v) is 10.8. The Hall–Kier alpha value is -2.55. The third-order valence-electron chi connectivity index (χ3n) is 2.20. The summed E-state index contributed by atoms with van der Waals surface area (Å²) in [5.74, 6) is -1.15. The first-order chi connectivity index (χ1) is 9.53. The van der Waals surface area contributed by atoms with Crippen LogP contribution in [0.5, 0.6) is 5.88 Å². The second kappa shape index (κ2) is 7.14. The van der Waals surface area contributed by atoms with Crippen LogP contribution in [0.1, 0.15) is 10.4 Å². The molecule has 9 heteroatoms. The maximum absolute atomic E-state index is 11.3. The first-order valence-corrected chi connectivity index (χ1v) is 5.37. The molecule has 0 radical (unpaired) electrons. The molecule has 0 amide bonds. The molecule has 0 unspecified atom stereocenters. The van der Waals surface area contributed by atoms with Gasteiger partial charge in [0.05, 0.1) is 24.2 Å². The van der Waals surface area contributed by atoms with E-state index < -0.39 is 22.7 Å². The molecular formula is C11H12N2O7. The van der Waals surface area contributed by atoms with Crippen LogP contribution in [0.25, 0.3) is 0 Å². The highest BCUT2D eigenvalue weighted by Crippen LogP contribution is 2.26. The van der Waals surface area contributed by atoms with Gasteiger partial charge in [0, 0.05) is 19.4 Å². The Labute approximate surface area is 113 Å². The monoisotopic (exact) mass is 284 g/mol. The lowest BCUT2D eigenvalue weighted by atomic mass is 10.2. The van der Waals surface area contributed by atoms with E-state index in [1.807, 2.05) is 0 Å². The topological polar surface area (TPSA) is 118 Å². The van der Waals surface area contributed by atoms with E-state index in [1.165, 1.54) is 7.11 Å². The van der Waals surface area contributed by atoms with Crippen molar-refractivity contribution < 1.29 is 28.7 Å². The lowest BCUT2D eigenvalue weighted by Crippen LogP contribution is -2.24.